The van der Waals surface area contributed by atoms with Crippen LogP contribution in [0.15, 0.2) is 6.33 Å². The Labute approximate surface area is 105 Å². The third-order valence-corrected chi connectivity index (χ3v) is 4.34. The Morgan fingerprint density at radius 3 is 3.00 bits per heavy atom. The zero-order chi connectivity index (χ0) is 12.5. The first-order valence-electron chi connectivity index (χ1n) is 5.77. The fourth-order valence-electron chi connectivity index (χ4n) is 2.22. The Hall–Kier alpha value is -1.17. The van der Waals surface area contributed by atoms with Crippen LogP contribution in [0.25, 0.3) is 0 Å². The molecule has 0 spiro atoms. The van der Waals surface area contributed by atoms with Crippen LogP contribution >= 0.6 is 11.5 Å². The van der Waals surface area contributed by atoms with Gasteiger partial charge in [-0.2, -0.15) is 4.37 Å². The van der Waals surface area contributed by atoms with E-state index in [2.05, 4.69) is 14.3 Å². The third-order valence-electron chi connectivity index (χ3n) is 3.61. The number of hydrogen-bond donors (Lipinski definition) is 1. The average molecular weight is 255 g/mol. The molecule has 1 atom stereocenters. The molecule has 0 aliphatic carbocycles. The van der Waals surface area contributed by atoms with Crippen LogP contribution in [-0.4, -0.2) is 33.5 Å². The molecule has 1 unspecified atom stereocenters. The predicted octanol–water partition coefficient (Wildman–Crippen LogP) is 1.87. The molecular weight excluding hydrogens is 238 g/mol. The molecule has 1 aliphatic rings. The first-order chi connectivity index (χ1) is 8.01. The minimum Gasteiger partial charge on any atom is -0.481 e. The molecule has 17 heavy (non-hydrogen) atoms. The summed E-state index contributed by atoms with van der Waals surface area (Å²) in [5, 5.41) is 10.2. The molecule has 5 nitrogen and oxygen atoms in total. The molecule has 6 heteroatoms. The van der Waals surface area contributed by atoms with Gasteiger partial charge in [0.1, 0.15) is 6.33 Å². The third kappa shape index (κ3) is 2.41. The zero-order valence-electron chi connectivity index (χ0n) is 10.1. The molecule has 0 radical (unpaired) electrons. The SMILES string of the molecule is CC(C)(C(=O)O)C1CCCN(c2ncns2)C1. The van der Waals surface area contributed by atoms with Gasteiger partial charge in [-0.1, -0.05) is 0 Å². The molecule has 94 valence electrons. The first-order valence-corrected chi connectivity index (χ1v) is 6.54. The molecule has 1 aliphatic heterocycles. The summed E-state index contributed by atoms with van der Waals surface area (Å²) in [5.41, 5.74) is -0.677. The van der Waals surface area contributed by atoms with Gasteiger partial charge in [0, 0.05) is 24.6 Å². The molecular formula is C11H17N3O2S. The smallest absolute Gasteiger partial charge is 0.309 e. The number of carbonyl (C=O) groups is 1. The van der Waals surface area contributed by atoms with Crippen LogP contribution in [0.3, 0.4) is 0 Å². The van der Waals surface area contributed by atoms with Crippen molar-refractivity contribution in [2.24, 2.45) is 11.3 Å². The van der Waals surface area contributed by atoms with E-state index >= 15 is 0 Å². The maximum Gasteiger partial charge on any atom is 0.309 e. The fraction of sp³-hybridized carbons (Fsp3) is 0.727. The minimum atomic E-state index is -0.721. The first kappa shape index (κ1) is 12.3. The number of piperidine rings is 1. The van der Waals surface area contributed by atoms with Crippen molar-refractivity contribution in [2.45, 2.75) is 26.7 Å². The van der Waals surface area contributed by atoms with E-state index in [1.807, 2.05) is 13.8 Å². The zero-order valence-corrected chi connectivity index (χ0v) is 10.9. The van der Waals surface area contributed by atoms with Gasteiger partial charge in [-0.3, -0.25) is 4.79 Å². The molecule has 2 heterocycles. The number of rotatable bonds is 3. The van der Waals surface area contributed by atoms with Crippen molar-refractivity contribution < 1.29 is 9.90 Å². The Kier molecular flexibility index (Phi) is 3.33. The summed E-state index contributed by atoms with van der Waals surface area (Å²) in [7, 11) is 0. The summed E-state index contributed by atoms with van der Waals surface area (Å²) >= 11 is 1.37. The molecule has 1 N–H and O–H groups in total. The van der Waals surface area contributed by atoms with E-state index in [0.29, 0.717) is 0 Å². The van der Waals surface area contributed by atoms with Crippen molar-refractivity contribution >= 4 is 22.6 Å². The highest BCUT2D eigenvalue weighted by atomic mass is 32.1. The fourth-order valence-corrected chi connectivity index (χ4v) is 2.79. The monoisotopic (exact) mass is 255 g/mol. The quantitative estimate of drug-likeness (QED) is 0.893. The standard InChI is InChI=1S/C11H17N3O2S/c1-11(2,9(15)16)8-4-3-5-14(6-8)10-12-7-13-17-10/h7-8H,3-6H2,1-2H3,(H,15,16). The molecule has 0 amide bonds. The van der Waals surface area contributed by atoms with E-state index in [9.17, 15) is 9.90 Å². The van der Waals surface area contributed by atoms with Gasteiger partial charge in [0.15, 0.2) is 0 Å². The van der Waals surface area contributed by atoms with Gasteiger partial charge in [-0.05, 0) is 32.6 Å². The normalized spacial score (nSPS) is 21.5. The van der Waals surface area contributed by atoms with Crippen molar-refractivity contribution in [3.8, 4) is 0 Å². The van der Waals surface area contributed by atoms with E-state index in [1.54, 1.807) is 6.33 Å². The van der Waals surface area contributed by atoms with Crippen molar-refractivity contribution in [1.29, 1.82) is 0 Å². The molecule has 1 aromatic rings. The van der Waals surface area contributed by atoms with Gasteiger partial charge in [-0.15, -0.1) is 0 Å². The lowest BCUT2D eigenvalue weighted by Gasteiger charge is -2.38. The molecule has 1 fully saturated rings. The van der Waals surface area contributed by atoms with Gasteiger partial charge < -0.3 is 10.0 Å². The Morgan fingerprint density at radius 2 is 2.41 bits per heavy atom. The molecule has 1 saturated heterocycles. The number of aromatic nitrogens is 2. The second-order valence-electron chi connectivity index (χ2n) is 5.04. The lowest BCUT2D eigenvalue weighted by Crippen LogP contribution is -2.44. The molecule has 2 rings (SSSR count). The Morgan fingerprint density at radius 1 is 1.65 bits per heavy atom. The Bertz CT molecular complexity index is 391. The molecule has 0 bridgehead atoms. The topological polar surface area (TPSA) is 66.3 Å². The highest BCUT2D eigenvalue weighted by molar-refractivity contribution is 7.09. The van der Waals surface area contributed by atoms with E-state index in [4.69, 9.17) is 0 Å². The van der Waals surface area contributed by atoms with Crippen molar-refractivity contribution in [3.05, 3.63) is 6.33 Å². The van der Waals surface area contributed by atoms with E-state index in [1.165, 1.54) is 11.5 Å². The van der Waals surface area contributed by atoms with Crippen molar-refractivity contribution in [3.63, 3.8) is 0 Å². The summed E-state index contributed by atoms with van der Waals surface area (Å²) in [5.74, 6) is -0.556. The minimum absolute atomic E-state index is 0.164. The Balaban J connectivity index is 2.10. The van der Waals surface area contributed by atoms with Gasteiger partial charge in [0.25, 0.3) is 0 Å². The lowest BCUT2D eigenvalue weighted by molar-refractivity contribution is -0.150. The van der Waals surface area contributed by atoms with Gasteiger partial charge >= 0.3 is 5.97 Å². The van der Waals surface area contributed by atoms with E-state index in [0.717, 1.165) is 31.1 Å². The maximum atomic E-state index is 11.3. The van der Waals surface area contributed by atoms with Gasteiger partial charge in [0.05, 0.1) is 5.41 Å². The van der Waals surface area contributed by atoms with Crippen LogP contribution in [0, 0.1) is 11.3 Å². The number of aliphatic carboxylic acids is 1. The van der Waals surface area contributed by atoms with Crippen LogP contribution in [0.4, 0.5) is 5.13 Å². The van der Waals surface area contributed by atoms with Crippen molar-refractivity contribution in [2.75, 3.05) is 18.0 Å². The van der Waals surface area contributed by atoms with Gasteiger partial charge in [0.2, 0.25) is 5.13 Å². The summed E-state index contributed by atoms with van der Waals surface area (Å²) in [4.78, 5) is 17.6. The highest BCUT2D eigenvalue weighted by Crippen LogP contribution is 2.35. The number of nitrogens with zero attached hydrogens (tertiary/aromatic N) is 3. The summed E-state index contributed by atoms with van der Waals surface area (Å²) < 4.78 is 3.99. The van der Waals surface area contributed by atoms with Crippen molar-refractivity contribution in [1.82, 2.24) is 9.36 Å². The number of carboxylic acid groups (broad SMARTS) is 1. The average Bonchev–Trinajstić information content (AvgIpc) is 2.82. The van der Waals surface area contributed by atoms with Gasteiger partial charge in [-0.25, -0.2) is 4.98 Å². The summed E-state index contributed by atoms with van der Waals surface area (Å²) in [6.45, 7) is 5.32. The van der Waals surface area contributed by atoms with Crippen LogP contribution in [0.2, 0.25) is 0 Å². The second kappa shape index (κ2) is 4.60. The van der Waals surface area contributed by atoms with Crippen LogP contribution in [-0.2, 0) is 4.79 Å². The largest absolute Gasteiger partial charge is 0.481 e. The van der Waals surface area contributed by atoms with E-state index in [-0.39, 0.29) is 5.92 Å². The van der Waals surface area contributed by atoms with Crippen LogP contribution in [0.1, 0.15) is 26.7 Å². The lowest BCUT2D eigenvalue weighted by atomic mass is 9.75. The predicted molar refractivity (Wildman–Crippen MR) is 66.3 cm³/mol. The second-order valence-corrected chi connectivity index (χ2v) is 5.79. The summed E-state index contributed by atoms with van der Waals surface area (Å²) in [6, 6.07) is 0. The van der Waals surface area contributed by atoms with Crippen LogP contribution < -0.4 is 4.90 Å². The van der Waals surface area contributed by atoms with E-state index < -0.39 is 11.4 Å². The molecule has 0 aromatic carbocycles. The molecule has 0 saturated carbocycles. The summed E-state index contributed by atoms with van der Waals surface area (Å²) in [6.07, 6.45) is 3.53. The highest BCUT2D eigenvalue weighted by Gasteiger charge is 2.39. The van der Waals surface area contributed by atoms with Crippen LogP contribution in [0.5, 0.6) is 0 Å². The molecule has 1 aromatic heterocycles. The number of anilines is 1. The number of hydrogen-bond acceptors (Lipinski definition) is 5. The maximum absolute atomic E-state index is 11.3. The number of carboxylic acids is 1.